The van der Waals surface area contributed by atoms with Gasteiger partial charge >= 0.3 is 0 Å². The summed E-state index contributed by atoms with van der Waals surface area (Å²) in [7, 11) is 1.51. The maximum absolute atomic E-state index is 13.8. The van der Waals surface area contributed by atoms with Gasteiger partial charge in [-0.1, -0.05) is 19.9 Å². The molecule has 0 aliphatic rings. The van der Waals surface area contributed by atoms with Gasteiger partial charge in [-0.05, 0) is 54.7 Å². The number of benzene rings is 2. The Labute approximate surface area is 153 Å². The zero-order valence-corrected chi connectivity index (χ0v) is 15.4. The van der Waals surface area contributed by atoms with Crippen molar-refractivity contribution in [3.63, 3.8) is 0 Å². The molecular weight excluding hydrogens is 335 g/mol. The minimum atomic E-state index is -0.378. The molecule has 0 amide bonds. The molecule has 0 aliphatic heterocycles. The van der Waals surface area contributed by atoms with E-state index in [1.54, 1.807) is 32.0 Å². The molecule has 2 aromatic rings. The van der Waals surface area contributed by atoms with Crippen molar-refractivity contribution >= 4 is 5.78 Å². The Morgan fingerprint density at radius 2 is 1.85 bits per heavy atom. The first-order chi connectivity index (χ1) is 12.4. The lowest BCUT2D eigenvalue weighted by Crippen LogP contribution is -2.16. The van der Waals surface area contributed by atoms with Crippen molar-refractivity contribution < 1.29 is 23.8 Å². The number of ketones is 1. The summed E-state index contributed by atoms with van der Waals surface area (Å²) in [6.45, 7) is 3.56. The van der Waals surface area contributed by atoms with E-state index in [0.29, 0.717) is 17.9 Å². The van der Waals surface area contributed by atoms with Crippen LogP contribution in [0, 0.1) is 11.7 Å². The highest BCUT2D eigenvalue weighted by atomic mass is 19.1. The van der Waals surface area contributed by atoms with Crippen LogP contribution in [0.2, 0.25) is 0 Å². The highest BCUT2D eigenvalue weighted by Crippen LogP contribution is 2.27. The van der Waals surface area contributed by atoms with Gasteiger partial charge in [0.2, 0.25) is 0 Å². The van der Waals surface area contributed by atoms with Gasteiger partial charge in [-0.15, -0.1) is 0 Å². The maximum atomic E-state index is 13.8. The zero-order valence-electron chi connectivity index (χ0n) is 15.4. The average molecular weight is 360 g/mol. The van der Waals surface area contributed by atoms with Crippen LogP contribution in [0.1, 0.15) is 31.4 Å². The first kappa shape index (κ1) is 19.8. The molecule has 4 nitrogen and oxygen atoms in total. The second-order valence-electron chi connectivity index (χ2n) is 6.56. The Bertz CT molecular complexity index is 756. The van der Waals surface area contributed by atoms with Crippen molar-refractivity contribution in [3.8, 4) is 17.2 Å². The van der Waals surface area contributed by atoms with Crippen LogP contribution < -0.4 is 9.47 Å². The van der Waals surface area contributed by atoms with E-state index in [4.69, 9.17) is 9.47 Å². The SMILES string of the molecule is COc1ccc(CCCc2cc(F)cc(OCC(=O)C(C)C)c2)cc1O. The van der Waals surface area contributed by atoms with E-state index in [1.165, 1.54) is 19.2 Å². The second kappa shape index (κ2) is 9.22. The summed E-state index contributed by atoms with van der Waals surface area (Å²) in [6.07, 6.45) is 2.20. The normalized spacial score (nSPS) is 10.8. The summed E-state index contributed by atoms with van der Waals surface area (Å²) in [5, 5.41) is 9.80. The van der Waals surface area contributed by atoms with Crippen LogP contribution in [0.3, 0.4) is 0 Å². The topological polar surface area (TPSA) is 55.8 Å². The molecule has 0 bridgehead atoms. The van der Waals surface area contributed by atoms with Gasteiger partial charge in [-0.2, -0.15) is 0 Å². The molecule has 0 atom stereocenters. The third-order valence-electron chi connectivity index (χ3n) is 4.13. The largest absolute Gasteiger partial charge is 0.504 e. The Hall–Kier alpha value is -2.56. The highest BCUT2D eigenvalue weighted by Gasteiger charge is 2.09. The molecule has 0 radical (unpaired) electrons. The predicted octanol–water partition coefficient (Wildman–Crippen LogP) is 4.32. The Morgan fingerprint density at radius 3 is 2.50 bits per heavy atom. The number of rotatable bonds is 9. The van der Waals surface area contributed by atoms with E-state index >= 15 is 0 Å². The number of carbonyl (C=O) groups excluding carboxylic acids is 1. The van der Waals surface area contributed by atoms with E-state index in [0.717, 1.165) is 24.0 Å². The number of aromatic hydroxyl groups is 1. The van der Waals surface area contributed by atoms with E-state index in [1.807, 2.05) is 6.07 Å². The maximum Gasteiger partial charge on any atom is 0.172 e. The van der Waals surface area contributed by atoms with E-state index in [9.17, 15) is 14.3 Å². The summed E-state index contributed by atoms with van der Waals surface area (Å²) in [5.74, 6) is 0.421. The van der Waals surface area contributed by atoms with Gasteiger partial charge in [0.25, 0.3) is 0 Å². The number of Topliss-reactive ketones (excluding diaryl/α,β-unsaturated/α-hetero) is 1. The smallest absolute Gasteiger partial charge is 0.172 e. The molecule has 1 N–H and O–H groups in total. The van der Waals surface area contributed by atoms with Gasteiger partial charge < -0.3 is 14.6 Å². The number of phenols is 1. The van der Waals surface area contributed by atoms with Crippen molar-refractivity contribution in [1.82, 2.24) is 0 Å². The molecule has 0 saturated heterocycles. The highest BCUT2D eigenvalue weighted by molar-refractivity contribution is 5.81. The first-order valence-electron chi connectivity index (χ1n) is 8.70. The standard InChI is InChI=1S/C21H25FO4/c1-14(2)20(24)13-26-18-10-16(9-17(22)12-18)6-4-5-15-7-8-21(25-3)19(23)11-15/h7-12,14,23H,4-6,13H2,1-3H3. The molecule has 0 aliphatic carbocycles. The minimum absolute atomic E-state index is 0.0184. The lowest BCUT2D eigenvalue weighted by atomic mass is 10.0. The molecule has 140 valence electrons. The minimum Gasteiger partial charge on any atom is -0.504 e. The molecule has 2 aromatic carbocycles. The molecular formula is C21H25FO4. The third-order valence-corrected chi connectivity index (χ3v) is 4.13. The molecule has 0 heterocycles. The molecule has 0 spiro atoms. The lowest BCUT2D eigenvalue weighted by molar-refractivity contribution is -0.123. The van der Waals surface area contributed by atoms with E-state index < -0.39 is 0 Å². The summed E-state index contributed by atoms with van der Waals surface area (Å²) in [5.41, 5.74) is 1.80. The number of phenolic OH excluding ortho intramolecular Hbond substituents is 1. The number of hydrogen-bond donors (Lipinski definition) is 1. The summed E-state index contributed by atoms with van der Waals surface area (Å²) < 4.78 is 24.2. The van der Waals surface area contributed by atoms with Gasteiger partial charge in [-0.25, -0.2) is 4.39 Å². The van der Waals surface area contributed by atoms with Gasteiger partial charge in [0.15, 0.2) is 17.3 Å². The molecule has 5 heteroatoms. The van der Waals surface area contributed by atoms with Crippen LogP contribution >= 0.6 is 0 Å². The molecule has 26 heavy (non-hydrogen) atoms. The zero-order chi connectivity index (χ0) is 19.1. The van der Waals surface area contributed by atoms with E-state index in [2.05, 4.69) is 0 Å². The molecule has 0 aromatic heterocycles. The fourth-order valence-corrected chi connectivity index (χ4v) is 2.56. The number of halogens is 1. The van der Waals surface area contributed by atoms with Crippen LogP contribution in [0.4, 0.5) is 4.39 Å². The van der Waals surface area contributed by atoms with Gasteiger partial charge in [0, 0.05) is 12.0 Å². The lowest BCUT2D eigenvalue weighted by Gasteiger charge is -2.10. The summed E-state index contributed by atoms with van der Waals surface area (Å²) >= 11 is 0. The van der Waals surface area contributed by atoms with E-state index in [-0.39, 0.29) is 29.9 Å². The van der Waals surface area contributed by atoms with Crippen LogP contribution in [0.15, 0.2) is 36.4 Å². The summed E-state index contributed by atoms with van der Waals surface area (Å²) in [4.78, 5) is 11.6. The fraction of sp³-hybridized carbons (Fsp3) is 0.381. The Morgan fingerprint density at radius 1 is 1.12 bits per heavy atom. The quantitative estimate of drug-likeness (QED) is 0.724. The predicted molar refractivity (Wildman–Crippen MR) is 98.4 cm³/mol. The van der Waals surface area contributed by atoms with Crippen molar-refractivity contribution in [2.75, 3.05) is 13.7 Å². The van der Waals surface area contributed by atoms with Gasteiger partial charge in [0.1, 0.15) is 18.2 Å². The first-order valence-corrected chi connectivity index (χ1v) is 8.70. The van der Waals surface area contributed by atoms with Crippen LogP contribution in [0.25, 0.3) is 0 Å². The van der Waals surface area contributed by atoms with Crippen LogP contribution in [0.5, 0.6) is 17.2 Å². The van der Waals surface area contributed by atoms with Crippen molar-refractivity contribution in [3.05, 3.63) is 53.3 Å². The van der Waals surface area contributed by atoms with Gasteiger partial charge in [-0.3, -0.25) is 4.79 Å². The van der Waals surface area contributed by atoms with Crippen molar-refractivity contribution in [2.24, 2.45) is 5.92 Å². The Balaban J connectivity index is 1.92. The van der Waals surface area contributed by atoms with Gasteiger partial charge in [0.05, 0.1) is 7.11 Å². The molecule has 0 unspecified atom stereocenters. The summed E-state index contributed by atoms with van der Waals surface area (Å²) in [6, 6.07) is 9.83. The third kappa shape index (κ3) is 5.76. The molecule has 0 saturated carbocycles. The number of ether oxygens (including phenoxy) is 2. The Kier molecular flexibility index (Phi) is 7.01. The number of hydrogen-bond acceptors (Lipinski definition) is 4. The fourth-order valence-electron chi connectivity index (χ4n) is 2.56. The van der Waals surface area contributed by atoms with Crippen molar-refractivity contribution in [2.45, 2.75) is 33.1 Å². The van der Waals surface area contributed by atoms with Crippen molar-refractivity contribution in [1.29, 1.82) is 0 Å². The van der Waals surface area contributed by atoms with Crippen LogP contribution in [-0.2, 0) is 17.6 Å². The number of methoxy groups -OCH3 is 1. The van der Waals surface area contributed by atoms with Crippen LogP contribution in [-0.4, -0.2) is 24.6 Å². The molecule has 0 fully saturated rings. The second-order valence-corrected chi connectivity index (χ2v) is 6.56. The molecule has 2 rings (SSSR count). The number of carbonyl (C=O) groups is 1. The number of aryl methyl sites for hydroxylation is 2. The average Bonchev–Trinajstić information content (AvgIpc) is 2.59. The monoisotopic (exact) mass is 360 g/mol.